The van der Waals surface area contributed by atoms with Gasteiger partial charge in [0.1, 0.15) is 5.60 Å². The lowest BCUT2D eigenvalue weighted by Crippen LogP contribution is -2.41. The van der Waals surface area contributed by atoms with Crippen LogP contribution in [-0.2, 0) is 4.74 Å². The van der Waals surface area contributed by atoms with Gasteiger partial charge in [-0.15, -0.1) is 0 Å². The maximum Gasteiger partial charge on any atom is 0.410 e. The van der Waals surface area contributed by atoms with E-state index in [0.717, 1.165) is 26.1 Å². The van der Waals surface area contributed by atoms with E-state index in [9.17, 15) is 4.79 Å². The fourth-order valence-electron chi connectivity index (χ4n) is 1.50. The number of rotatable bonds is 7. The molecule has 0 atom stereocenters. The minimum absolute atomic E-state index is 0.212. The van der Waals surface area contributed by atoms with E-state index < -0.39 is 5.60 Å². The Labute approximate surface area is 112 Å². The number of carbonyl (C=O) groups is 1. The molecule has 0 aromatic carbocycles. The van der Waals surface area contributed by atoms with Gasteiger partial charge < -0.3 is 15.0 Å². The molecule has 4 nitrogen and oxygen atoms in total. The summed E-state index contributed by atoms with van der Waals surface area (Å²) >= 11 is 0. The quantitative estimate of drug-likeness (QED) is 0.714. The fraction of sp³-hybridized carbons (Fsp3) is 0.929. The van der Waals surface area contributed by atoms with Crippen LogP contribution in [0.5, 0.6) is 0 Å². The van der Waals surface area contributed by atoms with Crippen molar-refractivity contribution in [1.82, 2.24) is 10.2 Å². The van der Waals surface area contributed by atoms with Crippen molar-refractivity contribution in [3.05, 3.63) is 0 Å². The van der Waals surface area contributed by atoms with Crippen molar-refractivity contribution in [2.45, 2.75) is 53.6 Å². The Kier molecular flexibility index (Phi) is 8.00. The summed E-state index contributed by atoms with van der Waals surface area (Å²) in [6.07, 6.45) is 0.736. The number of amides is 1. The predicted molar refractivity (Wildman–Crippen MR) is 75.8 cm³/mol. The first-order valence-corrected chi connectivity index (χ1v) is 6.95. The lowest BCUT2D eigenvalue weighted by Gasteiger charge is -2.27. The smallest absolute Gasteiger partial charge is 0.410 e. The largest absolute Gasteiger partial charge is 0.444 e. The molecule has 0 aliphatic carbocycles. The number of hydrogen-bond acceptors (Lipinski definition) is 3. The predicted octanol–water partition coefficient (Wildman–Crippen LogP) is 2.88. The van der Waals surface area contributed by atoms with Crippen LogP contribution < -0.4 is 5.32 Å². The second kappa shape index (κ2) is 8.35. The van der Waals surface area contributed by atoms with E-state index in [0.29, 0.717) is 12.5 Å². The number of nitrogens with one attached hydrogen (secondary N) is 1. The van der Waals surface area contributed by atoms with Crippen LogP contribution in [0.15, 0.2) is 0 Å². The molecule has 0 bridgehead atoms. The molecule has 4 heteroatoms. The molecule has 0 saturated heterocycles. The first-order valence-electron chi connectivity index (χ1n) is 6.95. The monoisotopic (exact) mass is 258 g/mol. The summed E-state index contributed by atoms with van der Waals surface area (Å²) in [5.41, 5.74) is -0.422. The summed E-state index contributed by atoms with van der Waals surface area (Å²) in [4.78, 5) is 13.7. The number of carbonyl (C=O) groups excluding carboxylic acids is 1. The number of hydrogen-bond donors (Lipinski definition) is 1. The molecule has 0 spiro atoms. The molecule has 0 saturated carbocycles. The molecule has 1 N–H and O–H groups in total. The van der Waals surface area contributed by atoms with Gasteiger partial charge in [0.05, 0.1) is 0 Å². The average molecular weight is 258 g/mol. The summed E-state index contributed by atoms with van der Waals surface area (Å²) in [7, 11) is 0. The Morgan fingerprint density at radius 3 is 2.33 bits per heavy atom. The van der Waals surface area contributed by atoms with Crippen LogP contribution in [0.4, 0.5) is 4.79 Å². The molecule has 0 aliphatic rings. The van der Waals surface area contributed by atoms with Crippen LogP contribution in [0, 0.1) is 5.92 Å². The summed E-state index contributed by atoms with van der Waals surface area (Å²) in [6, 6.07) is 0. The van der Waals surface area contributed by atoms with Gasteiger partial charge in [-0.2, -0.15) is 0 Å². The number of ether oxygens (including phenoxy) is 1. The van der Waals surface area contributed by atoms with E-state index in [1.807, 2.05) is 20.8 Å². The van der Waals surface area contributed by atoms with Crippen LogP contribution in [-0.4, -0.2) is 42.8 Å². The molecule has 108 valence electrons. The molecule has 0 unspecified atom stereocenters. The maximum absolute atomic E-state index is 12.0. The van der Waals surface area contributed by atoms with Gasteiger partial charge in [0.2, 0.25) is 0 Å². The van der Waals surface area contributed by atoms with Gasteiger partial charge in [-0.25, -0.2) is 4.79 Å². The molecule has 0 rings (SSSR count). The van der Waals surface area contributed by atoms with Crippen molar-refractivity contribution >= 4 is 6.09 Å². The highest BCUT2D eigenvalue weighted by molar-refractivity contribution is 5.68. The second-order valence-corrected chi connectivity index (χ2v) is 6.07. The second-order valence-electron chi connectivity index (χ2n) is 6.07. The Bertz CT molecular complexity index is 234. The van der Waals surface area contributed by atoms with Gasteiger partial charge in [0.15, 0.2) is 0 Å². The molecule has 0 aromatic rings. The fourth-order valence-corrected chi connectivity index (χ4v) is 1.50. The molecule has 0 aliphatic heterocycles. The third-order valence-corrected chi connectivity index (χ3v) is 2.26. The van der Waals surface area contributed by atoms with Gasteiger partial charge >= 0.3 is 6.09 Å². The van der Waals surface area contributed by atoms with Crippen LogP contribution in [0.3, 0.4) is 0 Å². The molecule has 0 heterocycles. The zero-order chi connectivity index (χ0) is 14.2. The summed E-state index contributed by atoms with van der Waals surface area (Å²) < 4.78 is 5.39. The van der Waals surface area contributed by atoms with Gasteiger partial charge in [-0.3, -0.25) is 0 Å². The van der Waals surface area contributed by atoms with E-state index in [4.69, 9.17) is 4.74 Å². The van der Waals surface area contributed by atoms with Crippen molar-refractivity contribution in [3.8, 4) is 0 Å². The lowest BCUT2D eigenvalue weighted by atomic mass is 10.2. The highest BCUT2D eigenvalue weighted by atomic mass is 16.6. The Balaban J connectivity index is 4.09. The van der Waals surface area contributed by atoms with Crippen LogP contribution >= 0.6 is 0 Å². The summed E-state index contributed by atoms with van der Waals surface area (Å²) in [5.74, 6) is 0.631. The Morgan fingerprint density at radius 1 is 1.28 bits per heavy atom. The first-order chi connectivity index (χ1) is 8.26. The standard InChI is InChI=1S/C14H30N2O2/c1-7-9-16(10-8-15-11-12(2)3)13(17)18-14(4,5)6/h12,15H,7-11H2,1-6H3. The van der Waals surface area contributed by atoms with Gasteiger partial charge in [-0.1, -0.05) is 20.8 Å². The zero-order valence-electron chi connectivity index (χ0n) is 12.9. The average Bonchev–Trinajstić information content (AvgIpc) is 2.19. The summed E-state index contributed by atoms with van der Waals surface area (Å²) in [5, 5.41) is 3.34. The van der Waals surface area contributed by atoms with E-state index >= 15 is 0 Å². The first kappa shape index (κ1) is 17.2. The molecule has 18 heavy (non-hydrogen) atoms. The molecule has 0 fully saturated rings. The topological polar surface area (TPSA) is 41.6 Å². The molecule has 0 aromatic heterocycles. The van der Waals surface area contributed by atoms with E-state index in [2.05, 4.69) is 26.1 Å². The third kappa shape index (κ3) is 9.28. The van der Waals surface area contributed by atoms with Crippen LogP contribution in [0.25, 0.3) is 0 Å². The normalized spacial score (nSPS) is 11.7. The highest BCUT2D eigenvalue weighted by Gasteiger charge is 2.21. The SMILES string of the molecule is CCCN(CCNCC(C)C)C(=O)OC(C)(C)C. The minimum Gasteiger partial charge on any atom is -0.444 e. The van der Waals surface area contributed by atoms with Crippen molar-refractivity contribution in [1.29, 1.82) is 0 Å². The Morgan fingerprint density at radius 2 is 1.89 bits per heavy atom. The van der Waals surface area contributed by atoms with Gasteiger partial charge in [0, 0.05) is 19.6 Å². The van der Waals surface area contributed by atoms with E-state index in [-0.39, 0.29) is 6.09 Å². The highest BCUT2D eigenvalue weighted by Crippen LogP contribution is 2.10. The van der Waals surface area contributed by atoms with Gasteiger partial charge in [-0.05, 0) is 39.7 Å². The summed E-state index contributed by atoms with van der Waals surface area (Å²) in [6.45, 7) is 15.3. The van der Waals surface area contributed by atoms with Crippen molar-refractivity contribution in [2.75, 3.05) is 26.2 Å². The maximum atomic E-state index is 12.0. The lowest BCUT2D eigenvalue weighted by molar-refractivity contribution is 0.0252. The zero-order valence-corrected chi connectivity index (χ0v) is 12.9. The van der Waals surface area contributed by atoms with Crippen LogP contribution in [0.2, 0.25) is 0 Å². The molecule has 1 amide bonds. The third-order valence-electron chi connectivity index (χ3n) is 2.26. The minimum atomic E-state index is -0.422. The van der Waals surface area contributed by atoms with Gasteiger partial charge in [0.25, 0.3) is 0 Å². The van der Waals surface area contributed by atoms with Crippen LogP contribution in [0.1, 0.15) is 48.0 Å². The molecular weight excluding hydrogens is 228 g/mol. The van der Waals surface area contributed by atoms with Crippen molar-refractivity contribution in [3.63, 3.8) is 0 Å². The van der Waals surface area contributed by atoms with E-state index in [1.54, 1.807) is 4.90 Å². The number of nitrogens with zero attached hydrogens (tertiary/aromatic N) is 1. The molecule has 0 radical (unpaired) electrons. The van der Waals surface area contributed by atoms with Crippen molar-refractivity contribution < 1.29 is 9.53 Å². The van der Waals surface area contributed by atoms with E-state index in [1.165, 1.54) is 0 Å². The van der Waals surface area contributed by atoms with Crippen molar-refractivity contribution in [2.24, 2.45) is 5.92 Å². The molecular formula is C14H30N2O2. The Hall–Kier alpha value is -0.770.